The Morgan fingerprint density at radius 1 is 1.03 bits per heavy atom. The normalized spacial score (nSPS) is 12.0. The van der Waals surface area contributed by atoms with Crippen molar-refractivity contribution in [3.05, 3.63) is 90.1 Å². The molecule has 0 saturated heterocycles. The molecular formula is C28H30N2O3. The summed E-state index contributed by atoms with van der Waals surface area (Å²) in [5.41, 5.74) is 4.56. The zero-order chi connectivity index (χ0) is 23.2. The van der Waals surface area contributed by atoms with Crippen molar-refractivity contribution in [2.75, 3.05) is 13.2 Å². The number of aryl methyl sites for hydroxylation is 1. The smallest absolute Gasteiger partial charge is 0.255 e. The summed E-state index contributed by atoms with van der Waals surface area (Å²) in [4.78, 5) is 13.3. The highest BCUT2D eigenvalue weighted by Crippen LogP contribution is 2.33. The van der Waals surface area contributed by atoms with Crippen molar-refractivity contribution in [2.45, 2.75) is 25.8 Å². The third kappa shape index (κ3) is 4.94. The molecule has 0 aliphatic heterocycles. The second kappa shape index (κ2) is 10.4. The van der Waals surface area contributed by atoms with E-state index in [-0.39, 0.29) is 12.5 Å². The van der Waals surface area contributed by atoms with Gasteiger partial charge in [-0.1, -0.05) is 67.6 Å². The summed E-state index contributed by atoms with van der Waals surface area (Å²) >= 11 is 0. The Morgan fingerprint density at radius 2 is 1.79 bits per heavy atom. The summed E-state index contributed by atoms with van der Waals surface area (Å²) in [6.07, 6.45) is 3.43. The SMILES string of the molecule is CCCOc1c(C(=O)N[C@@H](CO)Cc2cn(C)c3ccccc23)cccc1-c1ccccc1. The van der Waals surface area contributed by atoms with Gasteiger partial charge in [-0.3, -0.25) is 4.79 Å². The van der Waals surface area contributed by atoms with E-state index in [1.54, 1.807) is 6.07 Å². The number of aliphatic hydroxyl groups excluding tert-OH is 1. The molecule has 1 amide bonds. The Labute approximate surface area is 194 Å². The molecule has 3 aromatic carbocycles. The summed E-state index contributed by atoms with van der Waals surface area (Å²) in [6, 6.07) is 23.3. The molecule has 0 fully saturated rings. The fourth-order valence-corrected chi connectivity index (χ4v) is 4.20. The van der Waals surface area contributed by atoms with Gasteiger partial charge in [-0.2, -0.15) is 0 Å². The molecule has 4 aromatic rings. The number of nitrogens with one attached hydrogen (secondary N) is 1. The summed E-state index contributed by atoms with van der Waals surface area (Å²) in [5, 5.41) is 14.2. The van der Waals surface area contributed by atoms with E-state index in [1.807, 2.05) is 68.6 Å². The number of nitrogens with zero attached hydrogens (tertiary/aromatic N) is 1. The Kier molecular flexibility index (Phi) is 7.10. The van der Waals surface area contributed by atoms with Gasteiger partial charge in [-0.25, -0.2) is 0 Å². The van der Waals surface area contributed by atoms with Gasteiger partial charge >= 0.3 is 0 Å². The average Bonchev–Trinajstić information content (AvgIpc) is 3.17. The van der Waals surface area contributed by atoms with Crippen molar-refractivity contribution < 1.29 is 14.6 Å². The maximum Gasteiger partial charge on any atom is 0.255 e. The first-order valence-electron chi connectivity index (χ1n) is 11.4. The Bertz CT molecular complexity index is 1230. The number of rotatable bonds is 9. The summed E-state index contributed by atoms with van der Waals surface area (Å²) in [7, 11) is 2.00. The standard InChI is InChI=1S/C28H30N2O3/c1-3-16-33-27-24(20-10-5-4-6-11-20)13-9-14-25(27)28(32)29-22(19-31)17-21-18-30(2)26-15-8-7-12-23(21)26/h4-15,18,22,31H,3,16-17,19H2,1-2H3,(H,29,32)/t22-/m1/s1. The molecule has 1 heterocycles. The molecule has 170 valence electrons. The van der Waals surface area contributed by atoms with Crippen LogP contribution in [0, 0.1) is 0 Å². The third-order valence-electron chi connectivity index (χ3n) is 5.80. The molecule has 5 heteroatoms. The molecule has 0 spiro atoms. The van der Waals surface area contributed by atoms with Gasteiger partial charge in [-0.15, -0.1) is 0 Å². The minimum absolute atomic E-state index is 0.154. The van der Waals surface area contributed by atoms with Crippen LogP contribution in [0.25, 0.3) is 22.0 Å². The zero-order valence-electron chi connectivity index (χ0n) is 19.1. The van der Waals surface area contributed by atoms with E-state index in [1.165, 1.54) is 0 Å². The van der Waals surface area contributed by atoms with E-state index >= 15 is 0 Å². The van der Waals surface area contributed by atoms with Gasteiger partial charge in [0.25, 0.3) is 5.91 Å². The topological polar surface area (TPSA) is 63.5 Å². The number of amides is 1. The van der Waals surface area contributed by atoms with E-state index in [0.717, 1.165) is 34.0 Å². The van der Waals surface area contributed by atoms with Gasteiger partial charge in [0.05, 0.1) is 24.8 Å². The number of fused-ring (bicyclic) bond motifs is 1. The lowest BCUT2D eigenvalue weighted by atomic mass is 10.00. The van der Waals surface area contributed by atoms with E-state index in [4.69, 9.17) is 4.74 Å². The molecule has 0 aliphatic carbocycles. The number of hydrogen-bond acceptors (Lipinski definition) is 3. The van der Waals surface area contributed by atoms with Crippen LogP contribution in [-0.2, 0) is 13.5 Å². The third-order valence-corrected chi connectivity index (χ3v) is 5.80. The van der Waals surface area contributed by atoms with Crippen molar-refractivity contribution in [1.29, 1.82) is 0 Å². The number of para-hydroxylation sites is 2. The maximum absolute atomic E-state index is 13.3. The fourth-order valence-electron chi connectivity index (χ4n) is 4.20. The lowest BCUT2D eigenvalue weighted by molar-refractivity contribution is 0.0912. The molecule has 0 radical (unpaired) electrons. The van der Waals surface area contributed by atoms with Gasteiger partial charge in [0, 0.05) is 29.7 Å². The highest BCUT2D eigenvalue weighted by atomic mass is 16.5. The first-order valence-corrected chi connectivity index (χ1v) is 11.4. The Hall–Kier alpha value is -3.57. The fraction of sp³-hybridized carbons (Fsp3) is 0.250. The second-order valence-electron chi connectivity index (χ2n) is 8.24. The first-order chi connectivity index (χ1) is 16.1. The van der Waals surface area contributed by atoms with Crippen LogP contribution in [-0.4, -0.2) is 34.8 Å². The quantitative estimate of drug-likeness (QED) is 0.385. The molecule has 1 aromatic heterocycles. The van der Waals surface area contributed by atoms with Crippen LogP contribution in [0.4, 0.5) is 0 Å². The van der Waals surface area contributed by atoms with Crippen molar-refractivity contribution in [3.63, 3.8) is 0 Å². The van der Waals surface area contributed by atoms with Gasteiger partial charge in [0.2, 0.25) is 0 Å². The zero-order valence-corrected chi connectivity index (χ0v) is 19.1. The molecule has 0 bridgehead atoms. The lowest BCUT2D eigenvalue weighted by Gasteiger charge is -2.19. The van der Waals surface area contributed by atoms with Crippen molar-refractivity contribution in [1.82, 2.24) is 9.88 Å². The molecule has 2 N–H and O–H groups in total. The van der Waals surface area contributed by atoms with Gasteiger partial charge < -0.3 is 19.7 Å². The van der Waals surface area contributed by atoms with Crippen LogP contribution in [0.3, 0.4) is 0 Å². The van der Waals surface area contributed by atoms with E-state index in [9.17, 15) is 9.90 Å². The minimum atomic E-state index is -0.414. The highest BCUT2D eigenvalue weighted by Gasteiger charge is 2.21. The van der Waals surface area contributed by atoms with Gasteiger partial charge in [-0.05, 0) is 36.1 Å². The van der Waals surface area contributed by atoms with Crippen LogP contribution in [0.5, 0.6) is 5.75 Å². The predicted molar refractivity (Wildman–Crippen MR) is 133 cm³/mol. The van der Waals surface area contributed by atoms with Crippen molar-refractivity contribution in [2.24, 2.45) is 7.05 Å². The first kappa shape index (κ1) is 22.6. The van der Waals surface area contributed by atoms with E-state index < -0.39 is 6.04 Å². The second-order valence-corrected chi connectivity index (χ2v) is 8.24. The predicted octanol–water partition coefficient (Wildman–Crippen LogP) is 4.97. The number of hydrogen-bond donors (Lipinski definition) is 2. The number of aromatic nitrogens is 1. The lowest BCUT2D eigenvalue weighted by Crippen LogP contribution is -2.39. The minimum Gasteiger partial charge on any atom is -0.492 e. The van der Waals surface area contributed by atoms with Crippen molar-refractivity contribution >= 4 is 16.8 Å². The molecular weight excluding hydrogens is 412 g/mol. The van der Waals surface area contributed by atoms with E-state index in [0.29, 0.717) is 24.3 Å². The highest BCUT2D eigenvalue weighted by molar-refractivity contribution is 5.99. The summed E-state index contributed by atoms with van der Waals surface area (Å²) in [6.45, 7) is 2.40. The van der Waals surface area contributed by atoms with Crippen LogP contribution in [0.15, 0.2) is 79.0 Å². The number of benzene rings is 3. The Balaban J connectivity index is 1.61. The van der Waals surface area contributed by atoms with Gasteiger partial charge in [0.15, 0.2) is 0 Å². The van der Waals surface area contributed by atoms with Crippen LogP contribution >= 0.6 is 0 Å². The number of ether oxygens (including phenoxy) is 1. The molecule has 0 unspecified atom stereocenters. The molecule has 0 saturated carbocycles. The maximum atomic E-state index is 13.3. The van der Waals surface area contributed by atoms with E-state index in [2.05, 4.69) is 28.2 Å². The van der Waals surface area contributed by atoms with Crippen LogP contribution in [0.1, 0.15) is 29.3 Å². The largest absolute Gasteiger partial charge is 0.492 e. The molecule has 5 nitrogen and oxygen atoms in total. The summed E-state index contributed by atoms with van der Waals surface area (Å²) in [5.74, 6) is 0.322. The van der Waals surface area contributed by atoms with Crippen LogP contribution in [0.2, 0.25) is 0 Å². The van der Waals surface area contributed by atoms with Gasteiger partial charge in [0.1, 0.15) is 5.75 Å². The van der Waals surface area contributed by atoms with Crippen LogP contribution < -0.4 is 10.1 Å². The Morgan fingerprint density at radius 3 is 2.55 bits per heavy atom. The molecule has 4 rings (SSSR count). The molecule has 33 heavy (non-hydrogen) atoms. The summed E-state index contributed by atoms with van der Waals surface area (Å²) < 4.78 is 8.13. The number of carbonyl (C=O) groups is 1. The number of carbonyl (C=O) groups excluding carboxylic acids is 1. The van der Waals surface area contributed by atoms with Crippen molar-refractivity contribution in [3.8, 4) is 16.9 Å². The number of aliphatic hydroxyl groups is 1. The molecule has 0 aliphatic rings. The average molecular weight is 443 g/mol. The molecule has 1 atom stereocenters. The monoisotopic (exact) mass is 442 g/mol.